The molecule has 2 aromatic carbocycles. The molecule has 140 valence electrons. The molecule has 2 heterocycles. The summed E-state index contributed by atoms with van der Waals surface area (Å²) < 4.78 is 1.23. The van der Waals surface area contributed by atoms with Gasteiger partial charge in [-0.2, -0.15) is 0 Å². The number of carbonyl (C=O) groups is 1. The van der Waals surface area contributed by atoms with Crippen molar-refractivity contribution in [2.75, 3.05) is 18.4 Å². The van der Waals surface area contributed by atoms with Crippen molar-refractivity contribution in [3.63, 3.8) is 0 Å². The molecule has 0 radical (unpaired) electrons. The van der Waals surface area contributed by atoms with E-state index in [4.69, 9.17) is 4.98 Å². The number of piperidine rings is 1. The number of benzene rings is 2. The van der Waals surface area contributed by atoms with E-state index in [1.54, 1.807) is 11.3 Å². The molecule has 3 aromatic rings. The van der Waals surface area contributed by atoms with Crippen LogP contribution in [-0.4, -0.2) is 24.0 Å². The molecule has 1 aliphatic rings. The van der Waals surface area contributed by atoms with Gasteiger partial charge in [0.1, 0.15) is 6.04 Å². The minimum Gasteiger partial charge on any atom is -0.321 e. The van der Waals surface area contributed by atoms with Gasteiger partial charge in [0.25, 0.3) is 5.91 Å². The van der Waals surface area contributed by atoms with Gasteiger partial charge in [0.15, 0.2) is 11.6 Å². The van der Waals surface area contributed by atoms with Crippen LogP contribution >= 0.6 is 11.3 Å². The zero-order valence-corrected chi connectivity index (χ0v) is 16.7. The molecular formula is C22H26N3OS+. The van der Waals surface area contributed by atoms with Crippen molar-refractivity contribution in [1.82, 2.24) is 4.98 Å². The van der Waals surface area contributed by atoms with Crippen LogP contribution in [0.4, 0.5) is 5.69 Å². The summed E-state index contributed by atoms with van der Waals surface area (Å²) in [6.07, 6.45) is 3.49. The van der Waals surface area contributed by atoms with E-state index in [1.807, 2.05) is 18.2 Å². The minimum absolute atomic E-state index is 0.0895. The molecule has 1 saturated heterocycles. The second kappa shape index (κ2) is 7.79. The summed E-state index contributed by atoms with van der Waals surface area (Å²) in [6, 6.07) is 14.7. The number of nitrogens with zero attached hydrogens (tertiary/aromatic N) is 1. The highest BCUT2D eigenvalue weighted by Gasteiger charge is 2.32. The number of rotatable bonds is 4. The van der Waals surface area contributed by atoms with Crippen LogP contribution in [0, 0.1) is 13.8 Å². The van der Waals surface area contributed by atoms with Gasteiger partial charge in [-0.3, -0.25) is 4.79 Å². The number of fused-ring (bicyclic) bond motifs is 1. The van der Waals surface area contributed by atoms with Gasteiger partial charge in [-0.1, -0.05) is 24.3 Å². The maximum atomic E-state index is 12.7. The monoisotopic (exact) mass is 380 g/mol. The van der Waals surface area contributed by atoms with Crippen molar-refractivity contribution < 1.29 is 9.69 Å². The van der Waals surface area contributed by atoms with Crippen LogP contribution in [0.2, 0.25) is 0 Å². The largest absolute Gasteiger partial charge is 0.321 e. The van der Waals surface area contributed by atoms with Crippen molar-refractivity contribution in [2.45, 2.75) is 39.2 Å². The molecular weight excluding hydrogens is 354 g/mol. The first-order chi connectivity index (χ1) is 13.1. The highest BCUT2D eigenvalue weighted by molar-refractivity contribution is 7.18. The normalized spacial score (nSPS) is 19.9. The molecule has 1 aromatic heterocycles. The number of likely N-dealkylation sites (tertiary alicyclic amines) is 1. The van der Waals surface area contributed by atoms with Crippen molar-refractivity contribution in [3.05, 3.63) is 58.6 Å². The number of aromatic nitrogens is 1. The Morgan fingerprint density at radius 1 is 1.19 bits per heavy atom. The summed E-state index contributed by atoms with van der Waals surface area (Å²) in [5, 5.41) is 4.29. The van der Waals surface area contributed by atoms with Crippen LogP contribution in [0.3, 0.4) is 0 Å². The molecule has 2 atom stereocenters. The Morgan fingerprint density at radius 2 is 2.04 bits per heavy atom. The number of amides is 1. The Labute approximate surface area is 164 Å². The standard InChI is InChI=1S/C22H25N3OS/c1-15-8-7-10-17(16(15)2)23-21(26)14-25-13-6-5-11-19(25)22-24-18-9-3-4-12-20(18)27-22/h3-4,7-10,12,19H,5-6,11,13-14H2,1-2H3,(H,23,26)/p+1/t19-/m0/s1. The molecule has 4 rings (SSSR count). The Morgan fingerprint density at radius 3 is 2.89 bits per heavy atom. The van der Waals surface area contributed by atoms with Gasteiger partial charge < -0.3 is 10.2 Å². The number of hydrogen-bond donors (Lipinski definition) is 2. The van der Waals surface area contributed by atoms with Crippen LogP contribution in [0.25, 0.3) is 10.2 Å². The van der Waals surface area contributed by atoms with Crippen molar-refractivity contribution in [2.24, 2.45) is 0 Å². The first-order valence-electron chi connectivity index (χ1n) is 9.68. The fourth-order valence-electron chi connectivity index (χ4n) is 3.91. The van der Waals surface area contributed by atoms with E-state index in [0.29, 0.717) is 12.6 Å². The number of para-hydroxylation sites is 1. The third-order valence-corrected chi connectivity index (χ3v) is 6.76. The molecule has 5 heteroatoms. The quantitative estimate of drug-likeness (QED) is 0.726. The molecule has 0 aliphatic carbocycles. The Balaban J connectivity index is 1.50. The lowest BCUT2D eigenvalue weighted by Crippen LogP contribution is -3.14. The van der Waals surface area contributed by atoms with Gasteiger partial charge in [0, 0.05) is 12.1 Å². The predicted molar refractivity (Wildman–Crippen MR) is 111 cm³/mol. The number of aryl methyl sites for hydroxylation is 1. The number of hydrogen-bond acceptors (Lipinski definition) is 3. The number of thiazole rings is 1. The summed E-state index contributed by atoms with van der Waals surface area (Å²) in [4.78, 5) is 19.0. The summed E-state index contributed by atoms with van der Waals surface area (Å²) in [6.45, 7) is 5.65. The molecule has 27 heavy (non-hydrogen) atoms. The van der Waals surface area contributed by atoms with E-state index in [0.717, 1.165) is 29.7 Å². The van der Waals surface area contributed by atoms with E-state index in [-0.39, 0.29) is 5.91 Å². The van der Waals surface area contributed by atoms with Crippen molar-refractivity contribution >= 4 is 33.1 Å². The van der Waals surface area contributed by atoms with Gasteiger partial charge >= 0.3 is 0 Å². The molecule has 2 N–H and O–H groups in total. The zero-order valence-electron chi connectivity index (χ0n) is 15.9. The Kier molecular flexibility index (Phi) is 5.23. The van der Waals surface area contributed by atoms with Crippen LogP contribution in [-0.2, 0) is 4.79 Å². The highest BCUT2D eigenvalue weighted by Crippen LogP contribution is 2.28. The van der Waals surface area contributed by atoms with Crippen molar-refractivity contribution in [3.8, 4) is 0 Å². The summed E-state index contributed by atoms with van der Waals surface area (Å²) in [7, 11) is 0. The first-order valence-corrected chi connectivity index (χ1v) is 10.5. The molecule has 4 nitrogen and oxygen atoms in total. The third-order valence-electron chi connectivity index (χ3n) is 5.61. The third kappa shape index (κ3) is 3.89. The van der Waals surface area contributed by atoms with E-state index < -0.39 is 0 Å². The molecule has 1 unspecified atom stereocenters. The topological polar surface area (TPSA) is 46.4 Å². The lowest BCUT2D eigenvalue weighted by Gasteiger charge is -2.30. The second-order valence-corrected chi connectivity index (χ2v) is 8.51. The lowest BCUT2D eigenvalue weighted by atomic mass is 10.0. The van der Waals surface area contributed by atoms with Gasteiger partial charge in [-0.05, 0) is 56.0 Å². The summed E-state index contributed by atoms with van der Waals surface area (Å²) in [5.41, 5.74) is 4.34. The molecule has 0 bridgehead atoms. The number of nitrogens with one attached hydrogen (secondary N) is 2. The molecule has 1 fully saturated rings. The van der Waals surface area contributed by atoms with Crippen LogP contribution < -0.4 is 10.2 Å². The smallest absolute Gasteiger partial charge is 0.279 e. The molecule has 0 saturated carbocycles. The average molecular weight is 381 g/mol. The maximum Gasteiger partial charge on any atom is 0.279 e. The zero-order chi connectivity index (χ0) is 18.8. The number of quaternary nitrogens is 1. The predicted octanol–water partition coefficient (Wildman–Crippen LogP) is 3.66. The maximum absolute atomic E-state index is 12.7. The van der Waals surface area contributed by atoms with Gasteiger partial charge in [-0.15, -0.1) is 11.3 Å². The Hall–Kier alpha value is -2.24. The lowest BCUT2D eigenvalue weighted by molar-refractivity contribution is -0.929. The van der Waals surface area contributed by atoms with Crippen LogP contribution in [0.5, 0.6) is 0 Å². The second-order valence-electron chi connectivity index (χ2n) is 7.45. The van der Waals surface area contributed by atoms with E-state index >= 15 is 0 Å². The fourth-order valence-corrected chi connectivity index (χ4v) is 5.08. The average Bonchev–Trinajstić information content (AvgIpc) is 3.10. The SMILES string of the molecule is Cc1cccc(NC(=O)C[NH+]2CCCC[C@H]2c2nc3ccccc3s2)c1C. The van der Waals surface area contributed by atoms with E-state index in [1.165, 1.54) is 33.0 Å². The summed E-state index contributed by atoms with van der Waals surface area (Å²) >= 11 is 1.78. The fraction of sp³-hybridized carbons (Fsp3) is 0.364. The molecule has 1 amide bonds. The summed E-state index contributed by atoms with van der Waals surface area (Å²) in [5.74, 6) is 0.0895. The van der Waals surface area contributed by atoms with Crippen molar-refractivity contribution in [1.29, 1.82) is 0 Å². The van der Waals surface area contributed by atoms with E-state index in [9.17, 15) is 4.79 Å². The minimum atomic E-state index is 0.0895. The van der Waals surface area contributed by atoms with Gasteiger partial charge in [0.05, 0.1) is 16.8 Å². The highest BCUT2D eigenvalue weighted by atomic mass is 32.1. The van der Waals surface area contributed by atoms with E-state index in [2.05, 4.69) is 43.4 Å². The Bertz CT molecular complexity index is 932. The molecule has 1 aliphatic heterocycles. The molecule has 0 spiro atoms. The van der Waals surface area contributed by atoms with Gasteiger partial charge in [0.2, 0.25) is 0 Å². The number of carbonyl (C=O) groups excluding carboxylic acids is 1. The van der Waals surface area contributed by atoms with Crippen LogP contribution in [0.15, 0.2) is 42.5 Å². The number of anilines is 1. The van der Waals surface area contributed by atoms with Crippen LogP contribution in [0.1, 0.15) is 41.4 Å². The van der Waals surface area contributed by atoms with Gasteiger partial charge in [-0.25, -0.2) is 4.98 Å². The first kappa shape index (κ1) is 18.1.